The van der Waals surface area contributed by atoms with Crippen LogP contribution in [0.4, 0.5) is 0 Å². The van der Waals surface area contributed by atoms with E-state index in [0.717, 1.165) is 10.0 Å². The fourth-order valence-corrected chi connectivity index (χ4v) is 1.80. The van der Waals surface area contributed by atoms with Crippen molar-refractivity contribution in [1.29, 1.82) is 0 Å². The van der Waals surface area contributed by atoms with Gasteiger partial charge in [-0.3, -0.25) is 9.59 Å². The first-order chi connectivity index (χ1) is 8.59. The highest BCUT2D eigenvalue weighted by Gasteiger charge is 2.07. The number of halogens is 1. The first-order valence-corrected chi connectivity index (χ1v) is 6.52. The predicted molar refractivity (Wildman–Crippen MR) is 72.1 cm³/mol. The lowest BCUT2D eigenvalue weighted by molar-refractivity contribution is -0.142. The summed E-state index contributed by atoms with van der Waals surface area (Å²) in [6, 6.07) is 7.54. The Hall–Kier alpha value is -1.36. The number of carbonyl (C=O) groups excluding carboxylic acids is 2. The zero-order valence-electron chi connectivity index (χ0n) is 10.2. The van der Waals surface area contributed by atoms with Crippen molar-refractivity contribution >= 4 is 27.8 Å². The Morgan fingerprint density at radius 1 is 1.33 bits per heavy atom. The molecule has 0 unspecified atom stereocenters. The zero-order chi connectivity index (χ0) is 13.4. The fraction of sp³-hybridized carbons (Fsp3) is 0.385. The van der Waals surface area contributed by atoms with Crippen molar-refractivity contribution in [1.82, 2.24) is 5.32 Å². The highest BCUT2D eigenvalue weighted by Crippen LogP contribution is 2.16. The molecule has 1 rings (SSSR count). The van der Waals surface area contributed by atoms with Crippen molar-refractivity contribution in [3.05, 3.63) is 34.3 Å². The van der Waals surface area contributed by atoms with Crippen molar-refractivity contribution < 1.29 is 14.3 Å². The van der Waals surface area contributed by atoms with Gasteiger partial charge in [-0.1, -0.05) is 34.1 Å². The number of ether oxygens (including phenoxy) is 1. The third kappa shape index (κ3) is 5.82. The molecule has 0 saturated carbocycles. The van der Waals surface area contributed by atoms with Crippen LogP contribution in [0.2, 0.25) is 0 Å². The summed E-state index contributed by atoms with van der Waals surface area (Å²) in [5, 5.41) is 2.64. The van der Waals surface area contributed by atoms with Crippen LogP contribution in [0.1, 0.15) is 18.9 Å². The summed E-state index contributed by atoms with van der Waals surface area (Å²) in [5.74, 6) is -0.334. The quantitative estimate of drug-likeness (QED) is 0.646. The van der Waals surface area contributed by atoms with Crippen LogP contribution < -0.4 is 5.32 Å². The number of amides is 1. The number of rotatable bonds is 6. The molecule has 4 nitrogen and oxygen atoms in total. The van der Waals surface area contributed by atoms with Gasteiger partial charge < -0.3 is 10.1 Å². The van der Waals surface area contributed by atoms with Crippen LogP contribution in [0, 0.1) is 0 Å². The third-order valence-electron chi connectivity index (χ3n) is 2.25. The van der Waals surface area contributed by atoms with Crippen molar-refractivity contribution in [2.45, 2.75) is 19.8 Å². The first kappa shape index (κ1) is 14.7. The first-order valence-electron chi connectivity index (χ1n) is 5.73. The Kier molecular flexibility index (Phi) is 6.43. The van der Waals surface area contributed by atoms with Gasteiger partial charge in [-0.05, 0) is 18.1 Å². The lowest BCUT2D eigenvalue weighted by atomic mass is 10.1. The van der Waals surface area contributed by atoms with Crippen LogP contribution in [0.3, 0.4) is 0 Å². The molecule has 0 aliphatic heterocycles. The maximum absolute atomic E-state index is 11.5. The van der Waals surface area contributed by atoms with E-state index < -0.39 is 0 Å². The molecule has 0 bridgehead atoms. The van der Waals surface area contributed by atoms with Gasteiger partial charge >= 0.3 is 5.97 Å². The number of hydrogen-bond acceptors (Lipinski definition) is 3. The van der Waals surface area contributed by atoms with Crippen LogP contribution in [0.5, 0.6) is 0 Å². The van der Waals surface area contributed by atoms with E-state index in [1.54, 1.807) is 0 Å². The molecule has 1 amide bonds. The van der Waals surface area contributed by atoms with Gasteiger partial charge in [0.2, 0.25) is 5.91 Å². The summed E-state index contributed by atoms with van der Waals surface area (Å²) < 4.78 is 5.97. The van der Waals surface area contributed by atoms with E-state index in [2.05, 4.69) is 21.2 Å². The van der Waals surface area contributed by atoms with E-state index in [-0.39, 0.29) is 18.3 Å². The zero-order valence-corrected chi connectivity index (χ0v) is 11.8. The van der Waals surface area contributed by atoms with Gasteiger partial charge in [0, 0.05) is 17.9 Å². The van der Waals surface area contributed by atoms with E-state index in [0.29, 0.717) is 19.6 Å². The monoisotopic (exact) mass is 313 g/mol. The Morgan fingerprint density at radius 3 is 2.72 bits per heavy atom. The highest BCUT2D eigenvalue weighted by molar-refractivity contribution is 9.10. The molecule has 0 heterocycles. The average Bonchev–Trinajstić information content (AvgIpc) is 2.31. The molecule has 98 valence electrons. The SMILES string of the molecule is CC(=O)NCCCOC(=O)Cc1ccccc1Br. The molecule has 1 aromatic carbocycles. The molecule has 0 aliphatic carbocycles. The third-order valence-corrected chi connectivity index (χ3v) is 3.02. The molecule has 0 saturated heterocycles. The van der Waals surface area contributed by atoms with Gasteiger partial charge in [0.05, 0.1) is 13.0 Å². The van der Waals surface area contributed by atoms with Crippen molar-refractivity contribution in [2.75, 3.05) is 13.2 Å². The largest absolute Gasteiger partial charge is 0.465 e. The number of benzene rings is 1. The van der Waals surface area contributed by atoms with Crippen LogP contribution in [-0.4, -0.2) is 25.0 Å². The molecular weight excluding hydrogens is 298 g/mol. The highest BCUT2D eigenvalue weighted by atomic mass is 79.9. The molecule has 0 spiro atoms. The lowest BCUT2D eigenvalue weighted by Crippen LogP contribution is -2.22. The normalized spacial score (nSPS) is 9.89. The van der Waals surface area contributed by atoms with Crippen molar-refractivity contribution in [3.63, 3.8) is 0 Å². The van der Waals surface area contributed by atoms with Crippen LogP contribution in [-0.2, 0) is 20.7 Å². The molecular formula is C13H16BrNO3. The predicted octanol–water partition coefficient (Wildman–Crippen LogP) is 2.06. The van der Waals surface area contributed by atoms with E-state index in [4.69, 9.17) is 4.74 Å². The minimum absolute atomic E-state index is 0.0745. The van der Waals surface area contributed by atoms with Gasteiger partial charge in [0.15, 0.2) is 0 Å². The molecule has 18 heavy (non-hydrogen) atoms. The maximum atomic E-state index is 11.5. The van der Waals surface area contributed by atoms with Crippen molar-refractivity contribution in [2.24, 2.45) is 0 Å². The van der Waals surface area contributed by atoms with Crippen LogP contribution in [0.15, 0.2) is 28.7 Å². The molecule has 0 aromatic heterocycles. The minimum atomic E-state index is -0.260. The van der Waals surface area contributed by atoms with Gasteiger partial charge in [-0.25, -0.2) is 0 Å². The van der Waals surface area contributed by atoms with Gasteiger partial charge in [0.1, 0.15) is 0 Å². The second-order valence-electron chi connectivity index (χ2n) is 3.83. The summed E-state index contributed by atoms with van der Waals surface area (Å²) in [7, 11) is 0. The van der Waals surface area contributed by atoms with Gasteiger partial charge in [-0.15, -0.1) is 0 Å². The Labute approximate surface area is 115 Å². The second kappa shape index (κ2) is 7.87. The topological polar surface area (TPSA) is 55.4 Å². The number of hydrogen-bond donors (Lipinski definition) is 1. The Bertz CT molecular complexity index is 420. The summed E-state index contributed by atoms with van der Waals surface area (Å²) >= 11 is 3.38. The van der Waals surface area contributed by atoms with Crippen LogP contribution >= 0.6 is 15.9 Å². The van der Waals surface area contributed by atoms with Crippen LogP contribution in [0.25, 0.3) is 0 Å². The smallest absolute Gasteiger partial charge is 0.310 e. The molecule has 5 heteroatoms. The Morgan fingerprint density at radius 2 is 2.06 bits per heavy atom. The molecule has 0 aliphatic rings. The molecule has 1 N–H and O–H groups in total. The minimum Gasteiger partial charge on any atom is -0.465 e. The lowest BCUT2D eigenvalue weighted by Gasteiger charge is -2.06. The van der Waals surface area contributed by atoms with Gasteiger partial charge in [0.25, 0.3) is 0 Å². The summed E-state index contributed by atoms with van der Waals surface area (Å²) in [4.78, 5) is 22.1. The van der Waals surface area contributed by atoms with Gasteiger partial charge in [-0.2, -0.15) is 0 Å². The number of esters is 1. The van der Waals surface area contributed by atoms with E-state index in [1.807, 2.05) is 24.3 Å². The second-order valence-corrected chi connectivity index (χ2v) is 4.68. The van der Waals surface area contributed by atoms with E-state index in [9.17, 15) is 9.59 Å². The standard InChI is InChI=1S/C13H16BrNO3/c1-10(16)15-7-4-8-18-13(17)9-11-5-2-3-6-12(11)14/h2-3,5-6H,4,7-9H2,1H3,(H,15,16). The summed E-state index contributed by atoms with van der Waals surface area (Å²) in [6.45, 7) is 2.31. The Balaban J connectivity index is 2.22. The van der Waals surface area contributed by atoms with Crippen molar-refractivity contribution in [3.8, 4) is 0 Å². The van der Waals surface area contributed by atoms with E-state index in [1.165, 1.54) is 6.92 Å². The molecule has 0 fully saturated rings. The molecule has 0 radical (unpaired) electrons. The summed E-state index contributed by atoms with van der Waals surface area (Å²) in [6.07, 6.45) is 0.878. The number of carbonyl (C=O) groups is 2. The maximum Gasteiger partial charge on any atom is 0.310 e. The number of nitrogens with one attached hydrogen (secondary N) is 1. The molecule has 1 aromatic rings. The average molecular weight is 314 g/mol. The molecule has 0 atom stereocenters. The van der Waals surface area contributed by atoms with E-state index >= 15 is 0 Å². The fourth-order valence-electron chi connectivity index (χ4n) is 1.37. The summed E-state index contributed by atoms with van der Waals surface area (Å²) in [5.41, 5.74) is 0.907.